The van der Waals surface area contributed by atoms with E-state index in [-0.39, 0.29) is 11.3 Å². The molecule has 3 rings (SSSR count). The van der Waals surface area contributed by atoms with Gasteiger partial charge in [0, 0.05) is 56.9 Å². The van der Waals surface area contributed by atoms with E-state index in [1.165, 1.54) is 6.42 Å². The van der Waals surface area contributed by atoms with Crippen molar-refractivity contribution < 1.29 is 9.53 Å². The van der Waals surface area contributed by atoms with Gasteiger partial charge in [-0.3, -0.25) is 4.79 Å². The molecule has 0 saturated carbocycles. The Morgan fingerprint density at radius 3 is 3.14 bits per heavy atom. The minimum absolute atomic E-state index is 0.248. The predicted octanol–water partition coefficient (Wildman–Crippen LogP) is 1.86. The summed E-state index contributed by atoms with van der Waals surface area (Å²) in [6.07, 6.45) is 8.69. The van der Waals surface area contributed by atoms with Gasteiger partial charge < -0.3 is 14.2 Å². The zero-order valence-electron chi connectivity index (χ0n) is 12.9. The first-order valence-corrected chi connectivity index (χ1v) is 8.08. The number of hydrogen-bond donors (Lipinski definition) is 0. The summed E-state index contributed by atoms with van der Waals surface area (Å²) in [5.74, 6) is 1.33. The number of rotatable bonds is 4. The molecule has 2 aliphatic heterocycles. The Balaban J connectivity index is 1.55. The van der Waals surface area contributed by atoms with Gasteiger partial charge in [-0.15, -0.1) is 0 Å². The lowest BCUT2D eigenvalue weighted by molar-refractivity contribution is -0.135. The van der Waals surface area contributed by atoms with Crippen molar-refractivity contribution in [1.82, 2.24) is 14.5 Å². The summed E-state index contributed by atoms with van der Waals surface area (Å²) in [6, 6.07) is 0. The quantitative estimate of drug-likeness (QED) is 0.851. The largest absolute Gasteiger partial charge is 0.381 e. The topological polar surface area (TPSA) is 47.4 Å². The summed E-state index contributed by atoms with van der Waals surface area (Å²) in [6.45, 7) is 6.31. The van der Waals surface area contributed by atoms with E-state index in [2.05, 4.69) is 21.4 Å². The van der Waals surface area contributed by atoms with E-state index < -0.39 is 0 Å². The second-order valence-electron chi connectivity index (χ2n) is 6.36. The van der Waals surface area contributed by atoms with Crippen molar-refractivity contribution in [2.45, 2.75) is 45.6 Å². The maximum absolute atomic E-state index is 12.5. The van der Waals surface area contributed by atoms with E-state index >= 15 is 0 Å². The van der Waals surface area contributed by atoms with E-state index in [1.807, 2.05) is 12.4 Å². The third-order valence-electron chi connectivity index (χ3n) is 4.88. The van der Waals surface area contributed by atoms with E-state index in [1.54, 1.807) is 0 Å². The normalized spacial score (nSPS) is 25.7. The zero-order chi connectivity index (χ0) is 14.7. The average molecular weight is 291 g/mol. The summed E-state index contributed by atoms with van der Waals surface area (Å²) < 4.78 is 7.66. The fourth-order valence-electron chi connectivity index (χ4n) is 3.62. The van der Waals surface area contributed by atoms with Crippen LogP contribution in [0, 0.1) is 5.41 Å². The molecule has 1 aromatic heterocycles. The van der Waals surface area contributed by atoms with E-state index in [0.29, 0.717) is 6.42 Å². The van der Waals surface area contributed by atoms with Gasteiger partial charge in [-0.2, -0.15) is 0 Å². The molecule has 0 radical (unpaired) electrons. The maximum atomic E-state index is 12.5. The SMILES string of the molecule is CCc1nccn1CCC(=O)N1CCC[C@@]2(CCOC2)C1. The molecule has 1 spiro atoms. The molecule has 1 atom stereocenters. The molecular formula is C16H25N3O2. The van der Waals surface area contributed by atoms with Crippen LogP contribution in [-0.4, -0.2) is 46.7 Å². The van der Waals surface area contributed by atoms with E-state index in [4.69, 9.17) is 4.74 Å². The molecule has 0 aliphatic carbocycles. The summed E-state index contributed by atoms with van der Waals surface area (Å²) in [7, 11) is 0. The molecule has 3 heterocycles. The molecule has 1 aromatic rings. The number of carbonyl (C=O) groups excluding carboxylic acids is 1. The molecule has 21 heavy (non-hydrogen) atoms. The molecule has 0 bridgehead atoms. The summed E-state index contributed by atoms with van der Waals surface area (Å²) in [4.78, 5) is 18.8. The van der Waals surface area contributed by atoms with Crippen LogP contribution in [0.3, 0.4) is 0 Å². The maximum Gasteiger partial charge on any atom is 0.224 e. The van der Waals surface area contributed by atoms with Crippen LogP contribution in [0.25, 0.3) is 0 Å². The fourth-order valence-corrected chi connectivity index (χ4v) is 3.62. The molecule has 0 N–H and O–H groups in total. The van der Waals surface area contributed by atoms with E-state index in [0.717, 1.165) is 57.9 Å². The molecular weight excluding hydrogens is 266 g/mol. The zero-order valence-corrected chi connectivity index (χ0v) is 12.9. The lowest BCUT2D eigenvalue weighted by Gasteiger charge is -2.39. The Bertz CT molecular complexity index is 491. The highest BCUT2D eigenvalue weighted by atomic mass is 16.5. The van der Waals surface area contributed by atoms with Gasteiger partial charge in [-0.1, -0.05) is 6.92 Å². The van der Waals surface area contributed by atoms with Crippen LogP contribution in [0.1, 0.15) is 38.4 Å². The van der Waals surface area contributed by atoms with Gasteiger partial charge in [-0.25, -0.2) is 4.98 Å². The van der Waals surface area contributed by atoms with Crippen LogP contribution in [0.5, 0.6) is 0 Å². The number of imidazole rings is 1. The highest BCUT2D eigenvalue weighted by Crippen LogP contribution is 2.37. The Morgan fingerprint density at radius 2 is 2.38 bits per heavy atom. The van der Waals surface area contributed by atoms with Crippen LogP contribution in [-0.2, 0) is 22.5 Å². The van der Waals surface area contributed by atoms with Crippen molar-refractivity contribution >= 4 is 5.91 Å². The second kappa shape index (κ2) is 6.18. The number of piperidine rings is 1. The number of aryl methyl sites for hydroxylation is 2. The predicted molar refractivity (Wildman–Crippen MR) is 79.9 cm³/mol. The highest BCUT2D eigenvalue weighted by Gasteiger charge is 2.39. The van der Waals surface area contributed by atoms with Crippen LogP contribution in [0.4, 0.5) is 0 Å². The van der Waals surface area contributed by atoms with Crippen LogP contribution in [0.2, 0.25) is 0 Å². The number of hydrogen-bond acceptors (Lipinski definition) is 3. The molecule has 2 saturated heterocycles. The minimum atomic E-state index is 0.248. The van der Waals surface area contributed by atoms with Crippen LogP contribution in [0.15, 0.2) is 12.4 Å². The molecule has 2 fully saturated rings. The van der Waals surface area contributed by atoms with Gasteiger partial charge in [0.1, 0.15) is 5.82 Å². The fraction of sp³-hybridized carbons (Fsp3) is 0.750. The molecule has 116 valence electrons. The van der Waals surface area contributed by atoms with Gasteiger partial charge in [0.25, 0.3) is 0 Å². The summed E-state index contributed by atoms with van der Waals surface area (Å²) in [5.41, 5.74) is 0.248. The average Bonchev–Trinajstić information content (AvgIpc) is 3.14. The highest BCUT2D eigenvalue weighted by molar-refractivity contribution is 5.76. The van der Waals surface area contributed by atoms with Crippen molar-refractivity contribution in [3.63, 3.8) is 0 Å². The van der Waals surface area contributed by atoms with Crippen molar-refractivity contribution in [2.24, 2.45) is 5.41 Å². The first-order valence-electron chi connectivity index (χ1n) is 8.08. The molecule has 0 aromatic carbocycles. The van der Waals surface area contributed by atoms with Crippen molar-refractivity contribution in [2.75, 3.05) is 26.3 Å². The number of aromatic nitrogens is 2. The summed E-state index contributed by atoms with van der Waals surface area (Å²) in [5, 5.41) is 0. The number of carbonyl (C=O) groups is 1. The Hall–Kier alpha value is -1.36. The summed E-state index contributed by atoms with van der Waals surface area (Å²) >= 11 is 0. The molecule has 2 aliphatic rings. The van der Waals surface area contributed by atoms with E-state index in [9.17, 15) is 4.79 Å². The Labute approximate surface area is 126 Å². The molecule has 1 amide bonds. The number of amides is 1. The first kappa shape index (κ1) is 14.6. The van der Waals surface area contributed by atoms with Gasteiger partial charge >= 0.3 is 0 Å². The number of ether oxygens (including phenoxy) is 1. The lowest BCUT2D eigenvalue weighted by atomic mass is 9.79. The van der Waals surface area contributed by atoms with Crippen LogP contribution >= 0.6 is 0 Å². The number of likely N-dealkylation sites (tertiary alicyclic amines) is 1. The second-order valence-corrected chi connectivity index (χ2v) is 6.36. The molecule has 5 nitrogen and oxygen atoms in total. The Morgan fingerprint density at radius 1 is 1.48 bits per heavy atom. The van der Waals surface area contributed by atoms with Gasteiger partial charge in [0.15, 0.2) is 0 Å². The van der Waals surface area contributed by atoms with Crippen molar-refractivity contribution in [3.05, 3.63) is 18.2 Å². The Kier molecular flexibility index (Phi) is 4.29. The third-order valence-corrected chi connectivity index (χ3v) is 4.88. The smallest absolute Gasteiger partial charge is 0.224 e. The lowest BCUT2D eigenvalue weighted by Crippen LogP contribution is -2.46. The molecule has 0 unspecified atom stereocenters. The monoisotopic (exact) mass is 291 g/mol. The van der Waals surface area contributed by atoms with Gasteiger partial charge in [-0.05, 0) is 19.3 Å². The number of nitrogens with zero attached hydrogens (tertiary/aromatic N) is 3. The standard InChI is InChI=1S/C16H25N3O2/c1-2-14-17-7-10-18(14)9-4-15(20)19-8-3-5-16(12-19)6-11-21-13-16/h7,10H,2-6,8-9,11-13H2,1H3/t16-/m1/s1. The minimum Gasteiger partial charge on any atom is -0.381 e. The van der Waals surface area contributed by atoms with Crippen molar-refractivity contribution in [1.29, 1.82) is 0 Å². The first-order chi connectivity index (χ1) is 10.2. The third kappa shape index (κ3) is 3.12. The van der Waals surface area contributed by atoms with Gasteiger partial charge in [0.05, 0.1) is 6.61 Å². The van der Waals surface area contributed by atoms with Gasteiger partial charge in [0.2, 0.25) is 5.91 Å². The molecule has 5 heteroatoms. The van der Waals surface area contributed by atoms with Crippen LogP contribution < -0.4 is 0 Å². The van der Waals surface area contributed by atoms with Crippen molar-refractivity contribution in [3.8, 4) is 0 Å².